The maximum Gasteiger partial charge on any atom is 0.335 e. The van der Waals surface area contributed by atoms with Crippen molar-refractivity contribution in [2.45, 2.75) is 13.5 Å². The highest BCUT2D eigenvalue weighted by molar-refractivity contribution is 7.07. The molecule has 0 radical (unpaired) electrons. The quantitative estimate of drug-likeness (QED) is 0.871. The van der Waals surface area contributed by atoms with E-state index in [4.69, 9.17) is 5.11 Å². The molecule has 3 nitrogen and oxygen atoms in total. The third kappa shape index (κ3) is 2.85. The molecular formula is C13H13NO2S. The molecule has 0 fully saturated rings. The van der Waals surface area contributed by atoms with E-state index in [1.165, 1.54) is 5.56 Å². The van der Waals surface area contributed by atoms with Crippen LogP contribution in [0.15, 0.2) is 35.0 Å². The largest absolute Gasteiger partial charge is 0.478 e. The lowest BCUT2D eigenvalue weighted by molar-refractivity contribution is 0.0697. The fourth-order valence-corrected chi connectivity index (χ4v) is 2.25. The Hall–Kier alpha value is -1.81. The van der Waals surface area contributed by atoms with Crippen molar-refractivity contribution in [1.29, 1.82) is 0 Å². The maximum absolute atomic E-state index is 10.8. The number of hydrogen-bond acceptors (Lipinski definition) is 3. The standard InChI is InChI=1S/C13H13NO2S/c1-9-6-11(13(15)16)2-3-12(9)14-7-10-4-5-17-8-10/h2-6,8,14H,7H2,1H3,(H,15,16). The van der Waals surface area contributed by atoms with Crippen LogP contribution in [0.3, 0.4) is 0 Å². The Morgan fingerprint density at radius 2 is 2.24 bits per heavy atom. The second-order valence-corrected chi connectivity index (χ2v) is 4.60. The summed E-state index contributed by atoms with van der Waals surface area (Å²) < 4.78 is 0. The number of carboxylic acid groups (broad SMARTS) is 1. The minimum atomic E-state index is -0.891. The van der Waals surface area contributed by atoms with E-state index in [0.29, 0.717) is 5.56 Å². The molecule has 1 heterocycles. The van der Waals surface area contributed by atoms with E-state index in [-0.39, 0.29) is 0 Å². The van der Waals surface area contributed by atoms with Crippen LogP contribution in [-0.2, 0) is 6.54 Å². The first-order valence-electron chi connectivity index (χ1n) is 5.25. The van der Waals surface area contributed by atoms with Crippen LogP contribution in [0.5, 0.6) is 0 Å². The Kier molecular flexibility index (Phi) is 3.44. The zero-order valence-corrected chi connectivity index (χ0v) is 10.3. The van der Waals surface area contributed by atoms with Gasteiger partial charge in [-0.1, -0.05) is 0 Å². The SMILES string of the molecule is Cc1cc(C(=O)O)ccc1NCc1ccsc1. The van der Waals surface area contributed by atoms with Crippen LogP contribution in [0.1, 0.15) is 21.5 Å². The van der Waals surface area contributed by atoms with Crippen LogP contribution in [0.4, 0.5) is 5.69 Å². The number of aryl methyl sites for hydroxylation is 1. The first-order valence-corrected chi connectivity index (χ1v) is 6.20. The molecule has 2 aromatic rings. The molecule has 0 spiro atoms. The first kappa shape index (κ1) is 11.7. The molecule has 0 saturated heterocycles. The second-order valence-electron chi connectivity index (χ2n) is 3.82. The van der Waals surface area contributed by atoms with Gasteiger partial charge in [0.15, 0.2) is 0 Å². The molecule has 0 atom stereocenters. The third-order valence-corrected chi connectivity index (χ3v) is 3.27. The first-order chi connectivity index (χ1) is 8.16. The molecule has 0 aliphatic heterocycles. The van der Waals surface area contributed by atoms with Crippen molar-refractivity contribution >= 4 is 23.0 Å². The summed E-state index contributed by atoms with van der Waals surface area (Å²) in [5.41, 5.74) is 3.47. The number of carboxylic acids is 1. The van der Waals surface area contributed by atoms with Gasteiger partial charge in [-0.05, 0) is 53.1 Å². The number of aromatic carboxylic acids is 1. The fourth-order valence-electron chi connectivity index (χ4n) is 1.59. The predicted molar refractivity (Wildman–Crippen MR) is 69.8 cm³/mol. The molecule has 0 amide bonds. The molecule has 1 aromatic carbocycles. The van der Waals surface area contributed by atoms with E-state index in [1.54, 1.807) is 23.5 Å². The highest BCUT2D eigenvalue weighted by atomic mass is 32.1. The van der Waals surface area contributed by atoms with Gasteiger partial charge in [-0.2, -0.15) is 11.3 Å². The van der Waals surface area contributed by atoms with Gasteiger partial charge >= 0.3 is 5.97 Å². The van der Waals surface area contributed by atoms with Crippen LogP contribution in [0.2, 0.25) is 0 Å². The molecule has 2 N–H and O–H groups in total. The molecule has 0 aliphatic carbocycles. The van der Waals surface area contributed by atoms with Crippen molar-refractivity contribution in [1.82, 2.24) is 0 Å². The van der Waals surface area contributed by atoms with Crippen molar-refractivity contribution in [3.63, 3.8) is 0 Å². The van der Waals surface area contributed by atoms with Crippen LogP contribution in [0.25, 0.3) is 0 Å². The predicted octanol–water partition coefficient (Wildman–Crippen LogP) is 3.37. The van der Waals surface area contributed by atoms with Crippen molar-refractivity contribution in [2.24, 2.45) is 0 Å². The van der Waals surface area contributed by atoms with Crippen LogP contribution < -0.4 is 5.32 Å². The van der Waals surface area contributed by atoms with Crippen molar-refractivity contribution in [3.05, 3.63) is 51.7 Å². The molecule has 0 unspecified atom stereocenters. The highest BCUT2D eigenvalue weighted by Crippen LogP contribution is 2.18. The Balaban J connectivity index is 2.09. The monoisotopic (exact) mass is 247 g/mol. The number of anilines is 1. The fraction of sp³-hybridized carbons (Fsp3) is 0.154. The van der Waals surface area contributed by atoms with Gasteiger partial charge in [0.05, 0.1) is 5.56 Å². The van der Waals surface area contributed by atoms with Gasteiger partial charge in [0.1, 0.15) is 0 Å². The Labute approximate surface area is 104 Å². The number of rotatable bonds is 4. The van der Waals surface area contributed by atoms with Crippen molar-refractivity contribution in [3.8, 4) is 0 Å². The Bertz CT molecular complexity index is 520. The van der Waals surface area contributed by atoms with E-state index in [9.17, 15) is 4.79 Å². The minimum absolute atomic E-state index is 0.323. The zero-order valence-electron chi connectivity index (χ0n) is 9.43. The number of thiophene rings is 1. The smallest absolute Gasteiger partial charge is 0.335 e. The molecule has 17 heavy (non-hydrogen) atoms. The molecule has 88 valence electrons. The minimum Gasteiger partial charge on any atom is -0.478 e. The van der Waals surface area contributed by atoms with E-state index >= 15 is 0 Å². The normalized spacial score (nSPS) is 10.2. The Morgan fingerprint density at radius 3 is 2.82 bits per heavy atom. The second kappa shape index (κ2) is 5.01. The summed E-state index contributed by atoms with van der Waals surface area (Å²) in [7, 11) is 0. The summed E-state index contributed by atoms with van der Waals surface area (Å²) in [4.78, 5) is 10.8. The van der Waals surface area contributed by atoms with Gasteiger partial charge < -0.3 is 10.4 Å². The summed E-state index contributed by atoms with van der Waals surface area (Å²) in [6.45, 7) is 2.67. The molecule has 4 heteroatoms. The van der Waals surface area contributed by atoms with Crippen molar-refractivity contribution in [2.75, 3.05) is 5.32 Å². The number of carbonyl (C=O) groups is 1. The van der Waals surface area contributed by atoms with Gasteiger partial charge in [-0.25, -0.2) is 4.79 Å². The van der Waals surface area contributed by atoms with E-state index < -0.39 is 5.97 Å². The number of nitrogens with one attached hydrogen (secondary N) is 1. The number of benzene rings is 1. The van der Waals surface area contributed by atoms with E-state index in [1.807, 2.05) is 18.4 Å². The summed E-state index contributed by atoms with van der Waals surface area (Å²) in [6.07, 6.45) is 0. The maximum atomic E-state index is 10.8. The summed E-state index contributed by atoms with van der Waals surface area (Å²) in [5.74, 6) is -0.891. The molecular weight excluding hydrogens is 234 g/mol. The Morgan fingerprint density at radius 1 is 1.41 bits per heavy atom. The van der Waals surface area contributed by atoms with Gasteiger partial charge in [0.25, 0.3) is 0 Å². The molecule has 1 aromatic heterocycles. The average molecular weight is 247 g/mol. The lowest BCUT2D eigenvalue weighted by Gasteiger charge is -2.09. The van der Waals surface area contributed by atoms with E-state index in [2.05, 4.69) is 16.8 Å². The zero-order chi connectivity index (χ0) is 12.3. The lowest BCUT2D eigenvalue weighted by Crippen LogP contribution is -2.02. The summed E-state index contributed by atoms with van der Waals surface area (Å²) in [6, 6.07) is 7.17. The van der Waals surface area contributed by atoms with Crippen LogP contribution in [-0.4, -0.2) is 11.1 Å². The topological polar surface area (TPSA) is 49.3 Å². The van der Waals surface area contributed by atoms with Crippen LogP contribution >= 0.6 is 11.3 Å². The molecule has 0 saturated carbocycles. The molecule has 2 rings (SSSR count). The summed E-state index contributed by atoms with van der Waals surface area (Å²) >= 11 is 1.67. The van der Waals surface area contributed by atoms with Gasteiger partial charge in [-0.3, -0.25) is 0 Å². The lowest BCUT2D eigenvalue weighted by atomic mass is 10.1. The molecule has 0 aliphatic rings. The third-order valence-electron chi connectivity index (χ3n) is 2.54. The van der Waals surface area contributed by atoms with Gasteiger partial charge in [0.2, 0.25) is 0 Å². The van der Waals surface area contributed by atoms with Gasteiger partial charge in [0, 0.05) is 12.2 Å². The number of hydrogen-bond donors (Lipinski definition) is 2. The van der Waals surface area contributed by atoms with Crippen molar-refractivity contribution < 1.29 is 9.90 Å². The van der Waals surface area contributed by atoms with Gasteiger partial charge in [-0.15, -0.1) is 0 Å². The molecule has 0 bridgehead atoms. The van der Waals surface area contributed by atoms with E-state index in [0.717, 1.165) is 17.8 Å². The highest BCUT2D eigenvalue weighted by Gasteiger charge is 2.05. The summed E-state index contributed by atoms with van der Waals surface area (Å²) in [5, 5.41) is 16.3. The average Bonchev–Trinajstić information content (AvgIpc) is 2.80. The van der Waals surface area contributed by atoms with Crippen LogP contribution in [0, 0.1) is 6.92 Å².